The lowest BCUT2D eigenvalue weighted by Crippen LogP contribution is -2.45. The summed E-state index contributed by atoms with van der Waals surface area (Å²) in [5, 5.41) is 7.42. The van der Waals surface area contributed by atoms with E-state index in [4.69, 9.17) is 4.74 Å². The number of piperidine rings is 1. The highest BCUT2D eigenvalue weighted by Crippen LogP contribution is 2.44. The van der Waals surface area contributed by atoms with Crippen LogP contribution in [0.25, 0.3) is 0 Å². The van der Waals surface area contributed by atoms with Crippen molar-refractivity contribution in [3.8, 4) is 5.75 Å². The van der Waals surface area contributed by atoms with Gasteiger partial charge >= 0.3 is 0 Å². The Hall–Kier alpha value is -2.37. The third kappa shape index (κ3) is 3.53. The Balaban J connectivity index is 1.57. The number of nitrogens with zero attached hydrogens (tertiary/aromatic N) is 1. The maximum absolute atomic E-state index is 12.7. The Morgan fingerprint density at radius 3 is 2.72 bits per heavy atom. The molecule has 5 heteroatoms. The first-order chi connectivity index (χ1) is 13.9. The highest BCUT2D eigenvalue weighted by molar-refractivity contribution is 6.07. The van der Waals surface area contributed by atoms with Crippen LogP contribution in [0.5, 0.6) is 5.75 Å². The fourth-order valence-corrected chi connectivity index (χ4v) is 4.72. The maximum atomic E-state index is 12.7. The van der Waals surface area contributed by atoms with E-state index in [-0.39, 0.29) is 5.91 Å². The normalized spacial score (nSPS) is 23.2. The molecule has 2 heterocycles. The number of benzene rings is 2. The number of carbonyl (C=O) groups excluding carboxylic acids is 1. The molecule has 1 fully saturated rings. The van der Waals surface area contributed by atoms with E-state index < -0.39 is 5.41 Å². The minimum Gasteiger partial charge on any atom is -0.496 e. The first-order valence-electron chi connectivity index (χ1n) is 10.4. The van der Waals surface area contributed by atoms with Gasteiger partial charge in [-0.25, -0.2) is 0 Å². The second kappa shape index (κ2) is 7.81. The van der Waals surface area contributed by atoms with E-state index in [1.54, 1.807) is 12.0 Å². The number of amides is 1. The van der Waals surface area contributed by atoms with Crippen LogP contribution in [0, 0.1) is 0 Å². The van der Waals surface area contributed by atoms with Gasteiger partial charge in [-0.2, -0.15) is 0 Å². The molecule has 1 amide bonds. The zero-order chi connectivity index (χ0) is 20.6. The van der Waals surface area contributed by atoms with Crippen LogP contribution in [0.1, 0.15) is 49.4 Å². The fraction of sp³-hybridized carbons (Fsp3) is 0.458. The second-order valence-electron chi connectivity index (χ2n) is 8.64. The predicted octanol–water partition coefficient (Wildman–Crippen LogP) is 3.53. The van der Waals surface area contributed by atoms with Crippen molar-refractivity contribution in [1.82, 2.24) is 10.6 Å². The topological polar surface area (TPSA) is 53.6 Å². The van der Waals surface area contributed by atoms with E-state index in [9.17, 15) is 4.79 Å². The first-order valence-corrected chi connectivity index (χ1v) is 10.4. The number of hydrogen-bond donors (Lipinski definition) is 2. The lowest BCUT2D eigenvalue weighted by atomic mass is 9.85. The smallest absolute Gasteiger partial charge is 0.236 e. The van der Waals surface area contributed by atoms with E-state index in [1.807, 2.05) is 27.0 Å². The second-order valence-corrected chi connectivity index (χ2v) is 8.64. The molecule has 2 aromatic rings. The molecular formula is C24H31N3O2. The number of hydrogen-bond acceptors (Lipinski definition) is 4. The largest absolute Gasteiger partial charge is 0.496 e. The van der Waals surface area contributed by atoms with Crippen LogP contribution in [0.2, 0.25) is 0 Å². The Kier molecular flexibility index (Phi) is 5.36. The van der Waals surface area contributed by atoms with Crippen molar-refractivity contribution >= 4 is 11.6 Å². The van der Waals surface area contributed by atoms with Gasteiger partial charge in [0.2, 0.25) is 5.91 Å². The average molecular weight is 394 g/mol. The summed E-state index contributed by atoms with van der Waals surface area (Å²) in [6.45, 7) is 5.71. The molecule has 2 aliphatic rings. The number of rotatable bonds is 5. The molecule has 2 aromatic carbocycles. The average Bonchev–Trinajstić information content (AvgIpc) is 2.92. The highest BCUT2D eigenvalue weighted by Gasteiger charge is 2.43. The number of methoxy groups -OCH3 is 1. The van der Waals surface area contributed by atoms with Crippen molar-refractivity contribution in [3.63, 3.8) is 0 Å². The molecule has 5 nitrogen and oxygen atoms in total. The summed E-state index contributed by atoms with van der Waals surface area (Å²) in [5.74, 6) is 0.965. The van der Waals surface area contributed by atoms with E-state index >= 15 is 0 Å². The lowest BCUT2D eigenvalue weighted by molar-refractivity contribution is -0.121. The fourth-order valence-electron chi connectivity index (χ4n) is 4.72. The van der Waals surface area contributed by atoms with Crippen LogP contribution in [-0.4, -0.2) is 32.7 Å². The molecule has 2 N–H and O–H groups in total. The molecule has 4 rings (SSSR count). The monoisotopic (exact) mass is 393 g/mol. The van der Waals surface area contributed by atoms with Crippen LogP contribution in [0.4, 0.5) is 5.69 Å². The molecule has 0 saturated carbocycles. The van der Waals surface area contributed by atoms with Crippen molar-refractivity contribution in [3.05, 3.63) is 59.2 Å². The third-order valence-electron chi connectivity index (χ3n) is 6.44. The van der Waals surface area contributed by atoms with Gasteiger partial charge in [0.1, 0.15) is 5.75 Å². The van der Waals surface area contributed by atoms with Gasteiger partial charge in [-0.05, 0) is 56.5 Å². The Morgan fingerprint density at radius 2 is 2.00 bits per heavy atom. The standard InChI is InChI=1S/C24H31N3O2/c1-24(2)18-14-21(29-4)17(13-20(18)27(3)23(24)28)15-26-19-11-8-12-25-22(19)16-9-6-5-7-10-16/h5-7,9-10,13-14,19,22,25-26H,8,11-12,15H2,1-4H3/t19-,22-/m0/s1. The SMILES string of the molecule is COc1cc2c(cc1CN[C@H]1CCCN[C@H]1c1ccccc1)N(C)C(=O)C2(C)C. The number of ether oxygens (including phenoxy) is 1. The molecule has 0 aromatic heterocycles. The lowest BCUT2D eigenvalue weighted by Gasteiger charge is -2.34. The zero-order valence-electron chi connectivity index (χ0n) is 17.8. The third-order valence-corrected chi connectivity index (χ3v) is 6.44. The maximum Gasteiger partial charge on any atom is 0.236 e. The summed E-state index contributed by atoms with van der Waals surface area (Å²) in [5.41, 5.74) is 3.90. The molecule has 0 aliphatic carbocycles. The summed E-state index contributed by atoms with van der Waals surface area (Å²) in [6.07, 6.45) is 2.29. The van der Waals surface area contributed by atoms with Crippen molar-refractivity contribution in [1.29, 1.82) is 0 Å². The van der Waals surface area contributed by atoms with E-state index in [0.29, 0.717) is 18.6 Å². The minimum atomic E-state index is -0.519. The van der Waals surface area contributed by atoms with Gasteiger partial charge in [0, 0.05) is 36.9 Å². The molecule has 0 bridgehead atoms. The van der Waals surface area contributed by atoms with Crippen molar-refractivity contribution < 1.29 is 9.53 Å². The van der Waals surface area contributed by atoms with Crippen molar-refractivity contribution in [2.45, 2.75) is 50.7 Å². The van der Waals surface area contributed by atoms with Gasteiger partial charge in [-0.15, -0.1) is 0 Å². The summed E-state index contributed by atoms with van der Waals surface area (Å²) < 4.78 is 5.70. The van der Waals surface area contributed by atoms with Gasteiger partial charge in [0.05, 0.1) is 12.5 Å². The summed E-state index contributed by atoms with van der Waals surface area (Å²) in [7, 11) is 3.56. The number of fused-ring (bicyclic) bond motifs is 1. The molecule has 0 spiro atoms. The molecule has 0 radical (unpaired) electrons. The van der Waals surface area contributed by atoms with Crippen LogP contribution >= 0.6 is 0 Å². The summed E-state index contributed by atoms with van der Waals surface area (Å²) in [4.78, 5) is 14.4. The van der Waals surface area contributed by atoms with E-state index in [2.05, 4.69) is 47.0 Å². The first kappa shape index (κ1) is 19.9. The van der Waals surface area contributed by atoms with E-state index in [1.165, 1.54) is 5.56 Å². The van der Waals surface area contributed by atoms with Gasteiger partial charge < -0.3 is 20.3 Å². The molecule has 2 aliphatic heterocycles. The van der Waals surface area contributed by atoms with Gasteiger partial charge in [-0.1, -0.05) is 30.3 Å². The van der Waals surface area contributed by atoms with Crippen LogP contribution in [-0.2, 0) is 16.8 Å². The quantitative estimate of drug-likeness (QED) is 0.816. The number of likely N-dealkylation sites (N-methyl/N-ethyl adjacent to an activating group) is 1. The number of nitrogens with one attached hydrogen (secondary N) is 2. The highest BCUT2D eigenvalue weighted by atomic mass is 16.5. The number of anilines is 1. The molecule has 0 unspecified atom stereocenters. The zero-order valence-corrected chi connectivity index (χ0v) is 17.8. The van der Waals surface area contributed by atoms with Crippen LogP contribution < -0.4 is 20.3 Å². The van der Waals surface area contributed by atoms with E-state index in [0.717, 1.165) is 42.0 Å². The Morgan fingerprint density at radius 1 is 1.24 bits per heavy atom. The molecule has 29 heavy (non-hydrogen) atoms. The van der Waals surface area contributed by atoms with Crippen LogP contribution in [0.15, 0.2) is 42.5 Å². The predicted molar refractivity (Wildman–Crippen MR) is 116 cm³/mol. The van der Waals surface area contributed by atoms with Gasteiger partial charge in [-0.3, -0.25) is 4.79 Å². The summed E-state index contributed by atoms with van der Waals surface area (Å²) >= 11 is 0. The van der Waals surface area contributed by atoms with Crippen molar-refractivity contribution in [2.75, 3.05) is 25.6 Å². The summed E-state index contributed by atoms with van der Waals surface area (Å²) in [6, 6.07) is 15.4. The number of carbonyl (C=O) groups is 1. The Bertz CT molecular complexity index is 894. The van der Waals surface area contributed by atoms with Crippen molar-refractivity contribution in [2.24, 2.45) is 0 Å². The molecule has 1 saturated heterocycles. The Labute approximate surface area is 173 Å². The minimum absolute atomic E-state index is 0.125. The molecule has 154 valence electrons. The van der Waals surface area contributed by atoms with Gasteiger partial charge in [0.25, 0.3) is 0 Å². The van der Waals surface area contributed by atoms with Crippen LogP contribution in [0.3, 0.4) is 0 Å². The molecule has 2 atom stereocenters. The van der Waals surface area contributed by atoms with Gasteiger partial charge in [0.15, 0.2) is 0 Å². The molecular weight excluding hydrogens is 362 g/mol.